The molecule has 3 aromatic rings. The Labute approximate surface area is 156 Å². The van der Waals surface area contributed by atoms with Crippen LogP contribution in [0.3, 0.4) is 0 Å². The van der Waals surface area contributed by atoms with Gasteiger partial charge in [-0.2, -0.15) is 4.99 Å². The van der Waals surface area contributed by atoms with Crippen LogP contribution in [0.1, 0.15) is 28.4 Å². The fraction of sp³-hybridized carbons (Fsp3) is 0.238. The standard InChI is InChI=1S/C21H20N2O2S/c1-5-12-23-19-17(25-6-2)8-7-9-18(19)26-21(23)22-20(24)16-13-14(3)10-11-15(16)4/h1,7-11,13H,6,12H2,2-4H3. The van der Waals surface area contributed by atoms with Crippen LogP contribution in [-0.2, 0) is 6.54 Å². The Hall–Kier alpha value is -2.84. The van der Waals surface area contributed by atoms with E-state index in [1.807, 2.05) is 61.7 Å². The zero-order valence-electron chi connectivity index (χ0n) is 15.1. The molecule has 0 spiro atoms. The average Bonchev–Trinajstić information content (AvgIpc) is 2.96. The molecule has 0 bridgehead atoms. The van der Waals surface area contributed by atoms with Crippen LogP contribution in [0, 0.1) is 26.2 Å². The highest BCUT2D eigenvalue weighted by Crippen LogP contribution is 2.27. The first kappa shape index (κ1) is 18.0. The van der Waals surface area contributed by atoms with Crippen molar-refractivity contribution in [2.75, 3.05) is 6.61 Å². The van der Waals surface area contributed by atoms with Crippen LogP contribution >= 0.6 is 11.3 Å². The SMILES string of the molecule is C#CCn1c(=NC(=O)c2cc(C)ccc2C)sc2cccc(OCC)c21. The van der Waals surface area contributed by atoms with E-state index in [0.29, 0.717) is 23.5 Å². The number of benzene rings is 2. The lowest BCUT2D eigenvalue weighted by Crippen LogP contribution is -2.17. The van der Waals surface area contributed by atoms with Gasteiger partial charge in [0.05, 0.1) is 17.9 Å². The monoisotopic (exact) mass is 364 g/mol. The van der Waals surface area contributed by atoms with E-state index in [9.17, 15) is 4.79 Å². The average molecular weight is 364 g/mol. The number of para-hydroxylation sites is 1. The van der Waals surface area contributed by atoms with Gasteiger partial charge in [-0.15, -0.1) is 6.42 Å². The maximum absolute atomic E-state index is 12.8. The molecular formula is C21H20N2O2S. The van der Waals surface area contributed by atoms with Gasteiger partial charge in [0.2, 0.25) is 0 Å². The lowest BCUT2D eigenvalue weighted by Gasteiger charge is -2.07. The van der Waals surface area contributed by atoms with Gasteiger partial charge in [0.25, 0.3) is 5.91 Å². The molecule has 1 aromatic heterocycles. The molecule has 0 aliphatic carbocycles. The van der Waals surface area contributed by atoms with Crippen molar-refractivity contribution >= 4 is 27.5 Å². The topological polar surface area (TPSA) is 43.6 Å². The molecule has 1 amide bonds. The number of aromatic nitrogens is 1. The van der Waals surface area contributed by atoms with Crippen molar-refractivity contribution in [2.45, 2.75) is 27.3 Å². The van der Waals surface area contributed by atoms with Crippen LogP contribution in [0.5, 0.6) is 5.75 Å². The van der Waals surface area contributed by atoms with E-state index in [4.69, 9.17) is 11.2 Å². The third-order valence-electron chi connectivity index (χ3n) is 4.03. The minimum atomic E-state index is -0.263. The van der Waals surface area contributed by atoms with Gasteiger partial charge in [0, 0.05) is 5.56 Å². The van der Waals surface area contributed by atoms with Crippen molar-refractivity contribution in [1.82, 2.24) is 4.57 Å². The van der Waals surface area contributed by atoms with E-state index >= 15 is 0 Å². The highest BCUT2D eigenvalue weighted by molar-refractivity contribution is 7.16. The molecule has 0 aliphatic heterocycles. The third kappa shape index (κ3) is 3.42. The molecule has 3 rings (SSSR count). The third-order valence-corrected chi connectivity index (χ3v) is 5.08. The van der Waals surface area contributed by atoms with E-state index in [1.54, 1.807) is 0 Å². The van der Waals surface area contributed by atoms with Gasteiger partial charge >= 0.3 is 0 Å². The summed E-state index contributed by atoms with van der Waals surface area (Å²) in [6.45, 7) is 6.69. The molecule has 0 saturated heterocycles. The highest BCUT2D eigenvalue weighted by Gasteiger charge is 2.13. The van der Waals surface area contributed by atoms with Crippen LogP contribution < -0.4 is 9.54 Å². The number of carbonyl (C=O) groups is 1. The fourth-order valence-corrected chi connectivity index (χ4v) is 3.85. The number of thiazole rings is 1. The van der Waals surface area contributed by atoms with Gasteiger partial charge in [0.15, 0.2) is 4.80 Å². The van der Waals surface area contributed by atoms with Gasteiger partial charge in [-0.1, -0.05) is 41.0 Å². The number of terminal acetylenes is 1. The van der Waals surface area contributed by atoms with Gasteiger partial charge in [-0.25, -0.2) is 0 Å². The lowest BCUT2D eigenvalue weighted by atomic mass is 10.1. The second kappa shape index (κ2) is 7.59. The van der Waals surface area contributed by atoms with Crippen LogP contribution in [0.25, 0.3) is 10.2 Å². The summed E-state index contributed by atoms with van der Waals surface area (Å²) in [6.07, 6.45) is 5.56. The van der Waals surface area contributed by atoms with Gasteiger partial charge in [0.1, 0.15) is 11.3 Å². The summed E-state index contributed by atoms with van der Waals surface area (Å²) in [5.41, 5.74) is 3.43. The normalized spacial score (nSPS) is 11.5. The first-order chi connectivity index (χ1) is 12.5. The predicted octanol–water partition coefficient (Wildman–Crippen LogP) is 4.09. The quantitative estimate of drug-likeness (QED) is 0.655. The number of amides is 1. The summed E-state index contributed by atoms with van der Waals surface area (Å²) in [4.78, 5) is 17.7. The summed E-state index contributed by atoms with van der Waals surface area (Å²) >= 11 is 1.44. The fourth-order valence-electron chi connectivity index (χ4n) is 2.81. The van der Waals surface area contributed by atoms with Crippen LogP contribution in [0.15, 0.2) is 41.4 Å². The molecule has 4 nitrogen and oxygen atoms in total. The molecule has 0 fully saturated rings. The molecule has 0 N–H and O–H groups in total. The maximum atomic E-state index is 12.8. The van der Waals surface area contributed by atoms with E-state index in [0.717, 1.165) is 27.1 Å². The molecule has 132 valence electrons. The zero-order valence-corrected chi connectivity index (χ0v) is 15.9. The van der Waals surface area contributed by atoms with Crippen LogP contribution in [0.4, 0.5) is 0 Å². The second-order valence-electron chi connectivity index (χ2n) is 5.95. The number of hydrogen-bond acceptors (Lipinski definition) is 3. The molecular weight excluding hydrogens is 344 g/mol. The number of rotatable bonds is 4. The molecule has 26 heavy (non-hydrogen) atoms. The van der Waals surface area contributed by atoms with Crippen molar-refractivity contribution < 1.29 is 9.53 Å². The molecule has 0 radical (unpaired) electrons. The molecule has 0 unspecified atom stereocenters. The van der Waals surface area contributed by atoms with Crippen molar-refractivity contribution in [1.29, 1.82) is 0 Å². The van der Waals surface area contributed by atoms with Crippen LogP contribution in [0.2, 0.25) is 0 Å². The maximum Gasteiger partial charge on any atom is 0.279 e. The number of carbonyl (C=O) groups excluding carboxylic acids is 1. The van der Waals surface area contributed by atoms with Crippen molar-refractivity contribution in [3.63, 3.8) is 0 Å². The van der Waals surface area contributed by atoms with Crippen LogP contribution in [-0.4, -0.2) is 17.1 Å². The summed E-state index contributed by atoms with van der Waals surface area (Å²) in [6, 6.07) is 11.6. The Morgan fingerprint density at radius 2 is 2.12 bits per heavy atom. The van der Waals surface area contributed by atoms with Crippen molar-refractivity contribution in [2.24, 2.45) is 4.99 Å². The Morgan fingerprint density at radius 1 is 1.31 bits per heavy atom. The molecule has 1 heterocycles. The molecule has 5 heteroatoms. The number of nitrogens with zero attached hydrogens (tertiary/aromatic N) is 2. The Morgan fingerprint density at radius 3 is 2.85 bits per heavy atom. The Balaban J connectivity index is 2.21. The van der Waals surface area contributed by atoms with Crippen molar-refractivity contribution in [3.05, 3.63) is 57.9 Å². The summed E-state index contributed by atoms with van der Waals surface area (Å²) in [7, 11) is 0. The lowest BCUT2D eigenvalue weighted by molar-refractivity contribution is 0.0997. The predicted molar refractivity (Wildman–Crippen MR) is 106 cm³/mol. The number of fused-ring (bicyclic) bond motifs is 1. The molecule has 0 aliphatic rings. The second-order valence-corrected chi connectivity index (χ2v) is 6.96. The number of hydrogen-bond donors (Lipinski definition) is 0. The van der Waals surface area contributed by atoms with Gasteiger partial charge in [-0.05, 0) is 44.5 Å². The smallest absolute Gasteiger partial charge is 0.279 e. The molecule has 0 atom stereocenters. The van der Waals surface area contributed by atoms with E-state index in [1.165, 1.54) is 11.3 Å². The van der Waals surface area contributed by atoms with E-state index in [2.05, 4.69) is 10.9 Å². The number of aryl methyl sites for hydroxylation is 2. The Kier molecular flexibility index (Phi) is 5.24. The van der Waals surface area contributed by atoms with Crippen molar-refractivity contribution in [3.8, 4) is 18.1 Å². The summed E-state index contributed by atoms with van der Waals surface area (Å²) < 4.78 is 8.59. The Bertz CT molecular complexity index is 1080. The molecule has 0 saturated carbocycles. The first-order valence-corrected chi connectivity index (χ1v) is 9.21. The summed E-state index contributed by atoms with van der Waals surface area (Å²) in [5, 5.41) is 0. The number of ether oxygens (including phenoxy) is 1. The summed E-state index contributed by atoms with van der Waals surface area (Å²) in [5.74, 6) is 3.13. The molecule has 2 aromatic carbocycles. The minimum Gasteiger partial charge on any atom is -0.492 e. The largest absolute Gasteiger partial charge is 0.492 e. The zero-order chi connectivity index (χ0) is 18.7. The van der Waals surface area contributed by atoms with Gasteiger partial charge in [-0.3, -0.25) is 4.79 Å². The van der Waals surface area contributed by atoms with E-state index in [-0.39, 0.29) is 5.91 Å². The van der Waals surface area contributed by atoms with Gasteiger partial charge < -0.3 is 9.30 Å². The first-order valence-electron chi connectivity index (χ1n) is 8.40. The highest BCUT2D eigenvalue weighted by atomic mass is 32.1. The minimum absolute atomic E-state index is 0.263. The van der Waals surface area contributed by atoms with E-state index < -0.39 is 0 Å².